The van der Waals surface area contributed by atoms with Crippen molar-refractivity contribution in [1.29, 1.82) is 5.26 Å². The maximum absolute atomic E-state index is 13.3. The zero-order chi connectivity index (χ0) is 23.6. The van der Waals surface area contributed by atoms with Gasteiger partial charge in [0.2, 0.25) is 11.7 Å². The maximum Gasteiger partial charge on any atom is 0.271 e. The normalized spacial score (nSPS) is 11.6. The van der Waals surface area contributed by atoms with Crippen molar-refractivity contribution in [2.45, 2.75) is 40.3 Å². The summed E-state index contributed by atoms with van der Waals surface area (Å²) in [5.41, 5.74) is 1.37. The highest BCUT2D eigenvalue weighted by Crippen LogP contribution is 2.27. The van der Waals surface area contributed by atoms with E-state index in [9.17, 15) is 24.3 Å². The Bertz CT molecular complexity index is 1290. The number of aryl methyl sites for hydroxylation is 1. The van der Waals surface area contributed by atoms with Crippen molar-refractivity contribution in [3.8, 4) is 17.7 Å². The van der Waals surface area contributed by atoms with E-state index in [1.807, 2.05) is 32.0 Å². The lowest BCUT2D eigenvalue weighted by Crippen LogP contribution is -2.31. The fourth-order valence-corrected chi connectivity index (χ4v) is 3.46. The molecule has 6 nitrogen and oxygen atoms in total. The summed E-state index contributed by atoms with van der Waals surface area (Å²) >= 11 is 0. The number of Topliss-reactive ketones (excluding diaryl/α,β-unsaturated/α-hetero) is 1. The van der Waals surface area contributed by atoms with E-state index < -0.39 is 29.1 Å². The highest BCUT2D eigenvalue weighted by atomic mass is 19.1. The predicted octanol–water partition coefficient (Wildman–Crippen LogP) is 4.19. The van der Waals surface area contributed by atoms with Gasteiger partial charge in [-0.15, -0.1) is 0 Å². The van der Waals surface area contributed by atoms with Crippen LogP contribution in [0.5, 0.6) is 11.6 Å². The minimum absolute atomic E-state index is 0.0896. The zero-order valence-corrected chi connectivity index (χ0v) is 18.3. The van der Waals surface area contributed by atoms with E-state index in [-0.39, 0.29) is 23.2 Å². The van der Waals surface area contributed by atoms with Crippen LogP contribution in [-0.2, 0) is 6.54 Å². The largest absolute Gasteiger partial charge is 0.494 e. The van der Waals surface area contributed by atoms with Gasteiger partial charge in [-0.1, -0.05) is 24.3 Å². The third kappa shape index (κ3) is 4.26. The third-order valence-electron chi connectivity index (χ3n) is 5.53. The molecule has 0 fully saturated rings. The summed E-state index contributed by atoms with van der Waals surface area (Å²) in [6, 6.07) is 12.7. The van der Waals surface area contributed by atoms with Gasteiger partial charge in [-0.2, -0.15) is 5.26 Å². The molecule has 0 spiro atoms. The van der Waals surface area contributed by atoms with E-state index in [2.05, 4.69) is 0 Å². The summed E-state index contributed by atoms with van der Waals surface area (Å²) in [6.45, 7) is 6.66. The molecule has 1 heterocycles. The number of carbonyl (C=O) groups is 1. The Hall–Kier alpha value is -3.92. The molecular formula is C25H23FN2O4. The number of rotatable bonds is 6. The highest BCUT2D eigenvalue weighted by Gasteiger charge is 2.28. The second kappa shape index (κ2) is 9.06. The first kappa shape index (κ1) is 22.8. The van der Waals surface area contributed by atoms with Gasteiger partial charge in [0.15, 0.2) is 6.10 Å². The number of hydrogen-bond acceptors (Lipinski definition) is 5. The Morgan fingerprint density at radius 2 is 1.81 bits per heavy atom. The molecule has 1 N–H and O–H groups in total. The number of carbonyl (C=O) groups excluding carboxylic acids is 1. The van der Waals surface area contributed by atoms with Crippen molar-refractivity contribution in [1.82, 2.24) is 4.57 Å². The molecule has 0 aliphatic carbocycles. The van der Waals surface area contributed by atoms with Crippen LogP contribution in [0.1, 0.15) is 45.1 Å². The van der Waals surface area contributed by atoms with Gasteiger partial charge in [0.25, 0.3) is 5.56 Å². The average molecular weight is 434 g/mol. The van der Waals surface area contributed by atoms with Crippen LogP contribution >= 0.6 is 0 Å². The molecule has 0 amide bonds. The zero-order valence-electron chi connectivity index (χ0n) is 18.3. The number of ether oxygens (including phenoxy) is 1. The lowest BCUT2D eigenvalue weighted by atomic mass is 9.99. The Morgan fingerprint density at radius 3 is 2.44 bits per heavy atom. The summed E-state index contributed by atoms with van der Waals surface area (Å²) < 4.78 is 20.0. The Labute approximate surface area is 185 Å². The molecule has 0 saturated carbocycles. The molecule has 0 aliphatic rings. The topological polar surface area (TPSA) is 92.3 Å². The molecule has 164 valence electrons. The van der Waals surface area contributed by atoms with E-state index >= 15 is 0 Å². The Kier molecular flexibility index (Phi) is 6.45. The summed E-state index contributed by atoms with van der Waals surface area (Å²) in [7, 11) is 0. The fourth-order valence-electron chi connectivity index (χ4n) is 3.46. The number of ketones is 1. The number of nitrogens with zero attached hydrogens (tertiary/aromatic N) is 2. The molecule has 0 radical (unpaired) electrons. The van der Waals surface area contributed by atoms with Crippen molar-refractivity contribution in [2.75, 3.05) is 0 Å². The number of nitriles is 1. The van der Waals surface area contributed by atoms with Crippen molar-refractivity contribution >= 4 is 5.78 Å². The monoisotopic (exact) mass is 434 g/mol. The van der Waals surface area contributed by atoms with Gasteiger partial charge in [0, 0.05) is 0 Å². The SMILES string of the molecule is Cc1cccc(OC(C)C(=O)c2c(C)c(C#N)c(=O)n(Cc3ccc(F)cc3)c2O)c1C. The standard InChI is InChI=1S/C25H23FN2O4/c1-14-6-5-7-21(15(14)2)32-17(4)23(29)22-16(3)20(12-27)24(30)28(25(22)31)13-18-8-10-19(26)11-9-18/h5-11,17,31H,13H2,1-4H3. The molecule has 7 heteroatoms. The first-order valence-electron chi connectivity index (χ1n) is 10.0. The van der Waals surface area contributed by atoms with E-state index in [1.54, 1.807) is 13.0 Å². The van der Waals surface area contributed by atoms with Crippen LogP contribution in [0.4, 0.5) is 4.39 Å². The van der Waals surface area contributed by atoms with E-state index in [0.29, 0.717) is 11.3 Å². The Morgan fingerprint density at radius 1 is 1.16 bits per heavy atom. The van der Waals surface area contributed by atoms with Crippen molar-refractivity contribution < 1.29 is 19.0 Å². The molecule has 1 atom stereocenters. The molecule has 1 aromatic heterocycles. The molecule has 2 aromatic carbocycles. The van der Waals surface area contributed by atoms with Gasteiger partial charge in [-0.05, 0) is 68.1 Å². The van der Waals surface area contributed by atoms with Crippen LogP contribution < -0.4 is 10.3 Å². The highest BCUT2D eigenvalue weighted by molar-refractivity contribution is 6.03. The number of halogens is 1. The van der Waals surface area contributed by atoms with Crippen LogP contribution in [-0.4, -0.2) is 21.6 Å². The van der Waals surface area contributed by atoms with Crippen molar-refractivity contribution in [2.24, 2.45) is 0 Å². The number of aromatic nitrogens is 1. The minimum atomic E-state index is -0.983. The van der Waals surface area contributed by atoms with Gasteiger partial charge in [0.05, 0.1) is 12.1 Å². The van der Waals surface area contributed by atoms with Crippen LogP contribution in [0.15, 0.2) is 47.3 Å². The van der Waals surface area contributed by atoms with Crippen LogP contribution in [0.25, 0.3) is 0 Å². The maximum atomic E-state index is 13.3. The van der Waals surface area contributed by atoms with Gasteiger partial charge >= 0.3 is 0 Å². The van der Waals surface area contributed by atoms with E-state index in [1.165, 1.54) is 31.2 Å². The Balaban J connectivity index is 2.05. The number of aromatic hydroxyl groups is 1. The van der Waals surface area contributed by atoms with Crippen molar-refractivity contribution in [3.63, 3.8) is 0 Å². The first-order valence-corrected chi connectivity index (χ1v) is 10.0. The summed E-state index contributed by atoms with van der Waals surface area (Å²) in [4.78, 5) is 26.1. The van der Waals surface area contributed by atoms with E-state index in [4.69, 9.17) is 4.74 Å². The second-order valence-corrected chi connectivity index (χ2v) is 7.65. The molecule has 0 aliphatic heterocycles. The van der Waals surface area contributed by atoms with Crippen molar-refractivity contribution in [3.05, 3.63) is 92.0 Å². The second-order valence-electron chi connectivity index (χ2n) is 7.65. The molecule has 3 aromatic rings. The summed E-state index contributed by atoms with van der Waals surface area (Å²) in [5, 5.41) is 20.4. The lowest BCUT2D eigenvalue weighted by Gasteiger charge is -2.20. The molecule has 0 bridgehead atoms. The van der Waals surface area contributed by atoms with Gasteiger partial charge < -0.3 is 9.84 Å². The predicted molar refractivity (Wildman–Crippen MR) is 118 cm³/mol. The number of benzene rings is 2. The van der Waals surface area contributed by atoms with Crippen LogP contribution in [0.3, 0.4) is 0 Å². The van der Waals surface area contributed by atoms with E-state index in [0.717, 1.165) is 15.7 Å². The lowest BCUT2D eigenvalue weighted by molar-refractivity contribution is 0.0811. The third-order valence-corrected chi connectivity index (χ3v) is 5.53. The smallest absolute Gasteiger partial charge is 0.271 e. The van der Waals surface area contributed by atoms with Gasteiger partial charge in [-0.25, -0.2) is 4.39 Å². The molecule has 0 saturated heterocycles. The summed E-state index contributed by atoms with van der Waals surface area (Å²) in [5.74, 6) is -1.04. The average Bonchev–Trinajstić information content (AvgIpc) is 2.76. The van der Waals surface area contributed by atoms with Crippen LogP contribution in [0, 0.1) is 37.9 Å². The molecule has 1 unspecified atom stereocenters. The van der Waals surface area contributed by atoms with Gasteiger partial charge in [-0.3, -0.25) is 14.2 Å². The van der Waals surface area contributed by atoms with Gasteiger partial charge in [0.1, 0.15) is 23.2 Å². The first-order chi connectivity index (χ1) is 15.1. The quantitative estimate of drug-likeness (QED) is 0.588. The molecular weight excluding hydrogens is 411 g/mol. The minimum Gasteiger partial charge on any atom is -0.494 e. The molecule has 3 rings (SSSR count). The number of pyridine rings is 1. The summed E-state index contributed by atoms with van der Waals surface area (Å²) in [6.07, 6.45) is -0.983. The number of hydrogen-bond donors (Lipinski definition) is 1. The fraction of sp³-hybridized carbons (Fsp3) is 0.240. The van der Waals surface area contributed by atoms with Crippen LogP contribution in [0.2, 0.25) is 0 Å². The molecule has 32 heavy (non-hydrogen) atoms.